The van der Waals surface area contributed by atoms with E-state index < -0.39 is 15.8 Å². The highest BCUT2D eigenvalue weighted by Gasteiger charge is 2.26. The van der Waals surface area contributed by atoms with Gasteiger partial charge < -0.3 is 5.11 Å². The van der Waals surface area contributed by atoms with E-state index in [2.05, 4.69) is 0 Å². The first-order chi connectivity index (χ1) is 8.84. The Morgan fingerprint density at radius 1 is 1.37 bits per heavy atom. The van der Waals surface area contributed by atoms with Gasteiger partial charge in [-0.15, -0.1) is 0 Å². The number of benzene rings is 1. The van der Waals surface area contributed by atoms with Gasteiger partial charge in [-0.25, -0.2) is 12.8 Å². The molecule has 1 N–H and O–H groups in total. The first-order valence-corrected chi connectivity index (χ1v) is 7.73. The highest BCUT2D eigenvalue weighted by Crippen LogP contribution is 2.27. The Balaban J connectivity index is 3.28. The molecule has 0 bridgehead atoms. The van der Waals surface area contributed by atoms with Crippen LogP contribution in [0, 0.1) is 12.7 Å². The Morgan fingerprint density at radius 3 is 2.53 bits per heavy atom. The van der Waals surface area contributed by atoms with E-state index in [4.69, 9.17) is 16.7 Å². The van der Waals surface area contributed by atoms with Crippen LogP contribution in [-0.2, 0) is 10.0 Å². The summed E-state index contributed by atoms with van der Waals surface area (Å²) < 4.78 is 39.3. The van der Waals surface area contributed by atoms with Crippen LogP contribution in [0.3, 0.4) is 0 Å². The minimum absolute atomic E-state index is 0.0110. The highest BCUT2D eigenvalue weighted by molar-refractivity contribution is 7.89. The fourth-order valence-corrected chi connectivity index (χ4v) is 3.78. The maximum atomic E-state index is 13.3. The lowest BCUT2D eigenvalue weighted by molar-refractivity contribution is 0.253. The van der Waals surface area contributed by atoms with Gasteiger partial charge in [0.25, 0.3) is 0 Å². The van der Waals surface area contributed by atoms with Crippen molar-refractivity contribution in [2.24, 2.45) is 0 Å². The normalized spacial score (nSPS) is 12.1. The van der Waals surface area contributed by atoms with Crippen molar-refractivity contribution in [3.63, 3.8) is 0 Å². The second-order valence-corrected chi connectivity index (χ2v) is 6.47. The Morgan fingerprint density at radius 2 is 2.00 bits per heavy atom. The molecule has 7 heteroatoms. The summed E-state index contributed by atoms with van der Waals surface area (Å²) in [6.07, 6.45) is 0.608. The van der Waals surface area contributed by atoms with Crippen LogP contribution in [0.4, 0.5) is 4.39 Å². The van der Waals surface area contributed by atoms with Crippen LogP contribution in [-0.4, -0.2) is 37.5 Å². The third-order valence-corrected chi connectivity index (χ3v) is 5.02. The molecule has 0 fully saturated rings. The van der Waals surface area contributed by atoms with Crippen LogP contribution in [0.15, 0.2) is 17.0 Å². The zero-order chi connectivity index (χ0) is 14.6. The molecule has 0 aromatic heterocycles. The molecule has 1 aromatic carbocycles. The topological polar surface area (TPSA) is 57.6 Å². The molecule has 4 nitrogen and oxygen atoms in total. The van der Waals surface area contributed by atoms with Crippen LogP contribution < -0.4 is 0 Å². The summed E-state index contributed by atoms with van der Waals surface area (Å²) in [5, 5.41) is 8.79. The lowest BCUT2D eigenvalue weighted by atomic mass is 10.2. The molecule has 0 aliphatic heterocycles. The number of hydrogen-bond donors (Lipinski definition) is 1. The van der Waals surface area contributed by atoms with E-state index in [1.165, 1.54) is 13.0 Å². The number of rotatable bonds is 6. The standard InChI is InChI=1S/C12H17ClFNO3S/c1-3-4-15(5-6-16)19(17,18)12-7-9(2)11(14)8-10(12)13/h7-8,16H,3-6H2,1-2H3. The second kappa shape index (κ2) is 6.65. The molecule has 19 heavy (non-hydrogen) atoms. The van der Waals surface area contributed by atoms with Gasteiger partial charge in [0.2, 0.25) is 10.0 Å². The fourth-order valence-electron chi connectivity index (χ4n) is 1.68. The summed E-state index contributed by atoms with van der Waals surface area (Å²) in [6.45, 7) is 3.29. The molecule has 0 spiro atoms. The Kier molecular flexibility index (Phi) is 5.73. The van der Waals surface area contributed by atoms with Gasteiger partial charge in [-0.3, -0.25) is 0 Å². The van der Waals surface area contributed by atoms with E-state index in [0.717, 1.165) is 10.4 Å². The van der Waals surface area contributed by atoms with E-state index in [0.29, 0.717) is 6.42 Å². The number of aliphatic hydroxyl groups is 1. The van der Waals surface area contributed by atoms with Gasteiger partial charge in [-0.1, -0.05) is 18.5 Å². The van der Waals surface area contributed by atoms with Crippen LogP contribution in [0.1, 0.15) is 18.9 Å². The van der Waals surface area contributed by atoms with Crippen LogP contribution in [0.25, 0.3) is 0 Å². The fraction of sp³-hybridized carbons (Fsp3) is 0.500. The zero-order valence-electron chi connectivity index (χ0n) is 10.9. The van der Waals surface area contributed by atoms with E-state index >= 15 is 0 Å². The Hall–Kier alpha value is -0.690. The molecule has 0 radical (unpaired) electrons. The van der Waals surface area contributed by atoms with E-state index in [-0.39, 0.29) is 35.2 Å². The van der Waals surface area contributed by atoms with Crippen LogP contribution >= 0.6 is 11.6 Å². The van der Waals surface area contributed by atoms with E-state index in [9.17, 15) is 12.8 Å². The summed E-state index contributed by atoms with van der Waals surface area (Å²) >= 11 is 5.82. The molecule has 0 saturated heterocycles. The number of nitrogens with zero attached hydrogens (tertiary/aromatic N) is 1. The monoisotopic (exact) mass is 309 g/mol. The molecular formula is C12H17ClFNO3S. The maximum absolute atomic E-state index is 13.3. The number of hydrogen-bond acceptors (Lipinski definition) is 3. The molecule has 0 aliphatic rings. The third kappa shape index (κ3) is 3.66. The van der Waals surface area contributed by atoms with Crippen molar-refractivity contribution in [2.75, 3.05) is 19.7 Å². The van der Waals surface area contributed by atoms with Crippen LogP contribution in [0.5, 0.6) is 0 Å². The van der Waals surface area contributed by atoms with Crippen molar-refractivity contribution in [2.45, 2.75) is 25.2 Å². The highest BCUT2D eigenvalue weighted by atomic mass is 35.5. The van der Waals surface area contributed by atoms with Gasteiger partial charge in [0.15, 0.2) is 0 Å². The van der Waals surface area contributed by atoms with Crippen molar-refractivity contribution >= 4 is 21.6 Å². The van der Waals surface area contributed by atoms with Gasteiger partial charge in [0.1, 0.15) is 10.7 Å². The predicted octanol–water partition coefficient (Wildman–Crippen LogP) is 2.18. The predicted molar refractivity (Wildman–Crippen MR) is 72.3 cm³/mol. The van der Waals surface area contributed by atoms with E-state index in [1.54, 1.807) is 0 Å². The average molecular weight is 310 g/mol. The van der Waals surface area contributed by atoms with Crippen molar-refractivity contribution < 1.29 is 17.9 Å². The first kappa shape index (κ1) is 16.4. The van der Waals surface area contributed by atoms with Crippen molar-refractivity contribution in [3.05, 3.63) is 28.5 Å². The molecule has 0 heterocycles. The SMILES string of the molecule is CCCN(CCO)S(=O)(=O)c1cc(C)c(F)cc1Cl. The van der Waals surface area contributed by atoms with Gasteiger partial charge in [0, 0.05) is 13.1 Å². The lowest BCUT2D eigenvalue weighted by Gasteiger charge is -2.21. The van der Waals surface area contributed by atoms with Gasteiger partial charge >= 0.3 is 0 Å². The largest absolute Gasteiger partial charge is 0.395 e. The van der Waals surface area contributed by atoms with Gasteiger partial charge in [-0.05, 0) is 31.0 Å². The number of sulfonamides is 1. The molecule has 1 aromatic rings. The molecule has 0 unspecified atom stereocenters. The molecule has 0 aliphatic carbocycles. The number of aliphatic hydroxyl groups excluding tert-OH is 1. The smallest absolute Gasteiger partial charge is 0.244 e. The van der Waals surface area contributed by atoms with Crippen molar-refractivity contribution in [3.8, 4) is 0 Å². The number of aryl methyl sites for hydroxylation is 1. The molecular weight excluding hydrogens is 293 g/mol. The van der Waals surface area contributed by atoms with E-state index in [1.807, 2.05) is 6.92 Å². The van der Waals surface area contributed by atoms with Crippen molar-refractivity contribution in [1.29, 1.82) is 0 Å². The Labute approximate surface area is 117 Å². The summed E-state index contributed by atoms with van der Waals surface area (Å²) in [5.41, 5.74) is 0.212. The summed E-state index contributed by atoms with van der Waals surface area (Å²) in [5.74, 6) is -0.548. The molecule has 0 amide bonds. The lowest BCUT2D eigenvalue weighted by Crippen LogP contribution is -2.34. The van der Waals surface area contributed by atoms with Gasteiger partial charge in [0.05, 0.1) is 11.6 Å². The van der Waals surface area contributed by atoms with Crippen LogP contribution in [0.2, 0.25) is 5.02 Å². The maximum Gasteiger partial charge on any atom is 0.244 e. The van der Waals surface area contributed by atoms with Gasteiger partial charge in [-0.2, -0.15) is 4.31 Å². The minimum Gasteiger partial charge on any atom is -0.395 e. The summed E-state index contributed by atoms with van der Waals surface area (Å²) in [4.78, 5) is -0.130. The van der Waals surface area contributed by atoms with Crippen molar-refractivity contribution in [1.82, 2.24) is 4.31 Å². The second-order valence-electron chi connectivity index (χ2n) is 4.16. The molecule has 1 rings (SSSR count). The molecule has 0 atom stereocenters. The minimum atomic E-state index is -3.82. The summed E-state index contributed by atoms with van der Waals surface area (Å²) in [7, 11) is -3.82. The first-order valence-electron chi connectivity index (χ1n) is 5.91. The Bertz CT molecular complexity index is 542. The zero-order valence-corrected chi connectivity index (χ0v) is 12.4. The molecule has 108 valence electrons. The average Bonchev–Trinajstić information content (AvgIpc) is 2.33. The number of halogens is 2. The summed E-state index contributed by atoms with van der Waals surface area (Å²) in [6, 6.07) is 2.21. The molecule has 0 saturated carbocycles. The third-order valence-electron chi connectivity index (χ3n) is 2.65. The quantitative estimate of drug-likeness (QED) is 0.876.